The number of benzene rings is 1. The average molecular weight is 343 g/mol. The van der Waals surface area contributed by atoms with Crippen molar-refractivity contribution >= 4 is 15.8 Å². The maximum absolute atomic E-state index is 13.4. The van der Waals surface area contributed by atoms with Gasteiger partial charge in [-0.2, -0.15) is 0 Å². The number of hydrogen-bond acceptors (Lipinski definition) is 3. The summed E-state index contributed by atoms with van der Waals surface area (Å²) in [5.74, 6) is 0.466. The first-order chi connectivity index (χ1) is 10.7. The molecule has 1 aromatic carbocycles. The molecule has 0 radical (unpaired) electrons. The summed E-state index contributed by atoms with van der Waals surface area (Å²) in [6.07, 6.45) is 0. The molecule has 5 nitrogen and oxygen atoms in total. The van der Waals surface area contributed by atoms with Crippen LogP contribution in [0.15, 0.2) is 29.3 Å². The summed E-state index contributed by atoms with van der Waals surface area (Å²) >= 11 is 0. The molecule has 0 spiro atoms. The fraction of sp³-hybridized carbons (Fsp3) is 0.562. The molecule has 7 heteroatoms. The predicted octanol–water partition coefficient (Wildman–Crippen LogP) is 1.70. The van der Waals surface area contributed by atoms with Gasteiger partial charge >= 0.3 is 0 Å². The maximum Gasteiger partial charge on any atom is 0.191 e. The lowest BCUT2D eigenvalue weighted by Crippen LogP contribution is -2.44. The Bertz CT molecular complexity index is 642. The molecule has 1 aromatic rings. The Kier molecular flexibility index (Phi) is 7.00. The zero-order chi connectivity index (χ0) is 17.5. The summed E-state index contributed by atoms with van der Waals surface area (Å²) in [6.45, 7) is 6.48. The highest BCUT2D eigenvalue weighted by atomic mass is 32.2. The molecule has 130 valence electrons. The van der Waals surface area contributed by atoms with Crippen molar-refractivity contribution in [3.8, 4) is 0 Å². The quantitative estimate of drug-likeness (QED) is 0.584. The second-order valence-corrected chi connectivity index (χ2v) is 8.46. The first-order valence-corrected chi connectivity index (χ1v) is 9.43. The molecule has 2 N–H and O–H groups in total. The molecule has 0 heterocycles. The highest BCUT2D eigenvalue weighted by Crippen LogP contribution is 2.22. The fourth-order valence-electron chi connectivity index (χ4n) is 2.01. The Balaban J connectivity index is 2.57. The predicted molar refractivity (Wildman–Crippen MR) is 93.1 cm³/mol. The highest BCUT2D eigenvalue weighted by Gasteiger charge is 2.21. The molecular formula is C16H26FN3O2S. The molecule has 1 rings (SSSR count). The number of guanidine groups is 1. The van der Waals surface area contributed by atoms with Gasteiger partial charge in [-0.1, -0.05) is 32.9 Å². The lowest BCUT2D eigenvalue weighted by molar-refractivity contribution is 0.503. The van der Waals surface area contributed by atoms with Crippen LogP contribution in [0, 0.1) is 5.82 Å². The van der Waals surface area contributed by atoms with Gasteiger partial charge in [-0.25, -0.2) is 12.8 Å². The van der Waals surface area contributed by atoms with Crippen molar-refractivity contribution < 1.29 is 12.8 Å². The summed E-state index contributed by atoms with van der Waals surface area (Å²) in [5, 5.41) is 6.13. The lowest BCUT2D eigenvalue weighted by Gasteiger charge is -2.26. The molecule has 23 heavy (non-hydrogen) atoms. The van der Waals surface area contributed by atoms with Crippen molar-refractivity contribution in [1.29, 1.82) is 0 Å². The SMILES string of the molecule is CCS(=O)(=O)CCNC(=NC)NCC(C)(C)c1cccc(F)c1. The number of aliphatic imine (C=N–C) groups is 1. The Hall–Kier alpha value is -1.63. The van der Waals surface area contributed by atoms with E-state index in [0.717, 1.165) is 5.56 Å². The number of nitrogens with one attached hydrogen (secondary N) is 2. The van der Waals surface area contributed by atoms with E-state index in [-0.39, 0.29) is 22.7 Å². The molecule has 0 saturated heterocycles. The number of nitrogens with zero attached hydrogens (tertiary/aromatic N) is 1. The van der Waals surface area contributed by atoms with E-state index in [0.29, 0.717) is 19.0 Å². The molecule has 0 saturated carbocycles. The monoisotopic (exact) mass is 343 g/mol. The van der Waals surface area contributed by atoms with Crippen LogP contribution in [0.1, 0.15) is 26.3 Å². The standard InChI is InChI=1S/C16H26FN3O2S/c1-5-23(21,22)10-9-19-15(18-4)20-12-16(2,3)13-7-6-8-14(17)11-13/h6-8,11H,5,9-10,12H2,1-4H3,(H2,18,19,20). The minimum Gasteiger partial charge on any atom is -0.356 e. The van der Waals surface area contributed by atoms with Crippen LogP contribution in [0.3, 0.4) is 0 Å². The molecule has 0 amide bonds. The second-order valence-electron chi connectivity index (χ2n) is 5.98. The summed E-state index contributed by atoms with van der Waals surface area (Å²) in [5.41, 5.74) is 0.587. The van der Waals surface area contributed by atoms with E-state index in [1.165, 1.54) is 12.1 Å². The minimum absolute atomic E-state index is 0.0670. The Labute approximate surface area is 138 Å². The minimum atomic E-state index is -3.00. The highest BCUT2D eigenvalue weighted by molar-refractivity contribution is 7.91. The number of sulfone groups is 1. The molecule has 0 aliphatic rings. The number of hydrogen-bond donors (Lipinski definition) is 2. The zero-order valence-electron chi connectivity index (χ0n) is 14.2. The van der Waals surface area contributed by atoms with Crippen molar-refractivity contribution in [3.63, 3.8) is 0 Å². The van der Waals surface area contributed by atoms with Crippen molar-refractivity contribution in [3.05, 3.63) is 35.6 Å². The Morgan fingerprint density at radius 2 is 2.00 bits per heavy atom. The summed E-state index contributed by atoms with van der Waals surface area (Å²) < 4.78 is 36.3. The van der Waals surface area contributed by atoms with Gasteiger partial charge in [0.25, 0.3) is 0 Å². The van der Waals surface area contributed by atoms with Crippen LogP contribution in [0.25, 0.3) is 0 Å². The zero-order valence-corrected chi connectivity index (χ0v) is 15.0. The van der Waals surface area contributed by atoms with Crippen molar-refractivity contribution in [2.75, 3.05) is 31.6 Å². The van der Waals surface area contributed by atoms with E-state index in [2.05, 4.69) is 15.6 Å². The van der Waals surface area contributed by atoms with Crippen molar-refractivity contribution in [2.24, 2.45) is 4.99 Å². The van der Waals surface area contributed by atoms with Gasteiger partial charge in [-0.15, -0.1) is 0 Å². The third-order valence-electron chi connectivity index (χ3n) is 3.67. The molecule has 0 aliphatic heterocycles. The number of halogens is 1. The van der Waals surface area contributed by atoms with E-state index in [9.17, 15) is 12.8 Å². The van der Waals surface area contributed by atoms with Gasteiger partial charge in [0.15, 0.2) is 15.8 Å². The van der Waals surface area contributed by atoms with Crippen LogP contribution < -0.4 is 10.6 Å². The molecule has 0 fully saturated rings. The first kappa shape index (κ1) is 19.4. The van der Waals surface area contributed by atoms with E-state index in [1.54, 1.807) is 20.0 Å². The van der Waals surface area contributed by atoms with Gasteiger partial charge in [0.1, 0.15) is 5.82 Å². The van der Waals surface area contributed by atoms with E-state index in [1.807, 2.05) is 19.9 Å². The van der Waals surface area contributed by atoms with Crippen LogP contribution in [-0.4, -0.2) is 46.0 Å². The molecule has 0 bridgehead atoms. The number of rotatable bonds is 7. The topological polar surface area (TPSA) is 70.6 Å². The molecule has 0 aliphatic carbocycles. The van der Waals surface area contributed by atoms with Gasteiger partial charge in [0.05, 0.1) is 5.75 Å². The van der Waals surface area contributed by atoms with Crippen LogP contribution in [0.5, 0.6) is 0 Å². The van der Waals surface area contributed by atoms with E-state index in [4.69, 9.17) is 0 Å². The Morgan fingerprint density at radius 3 is 2.57 bits per heavy atom. The van der Waals surface area contributed by atoms with Crippen LogP contribution in [0.4, 0.5) is 4.39 Å². The van der Waals surface area contributed by atoms with Crippen LogP contribution in [0.2, 0.25) is 0 Å². The largest absolute Gasteiger partial charge is 0.356 e. The normalized spacial score (nSPS) is 13.0. The summed E-state index contributed by atoms with van der Waals surface area (Å²) in [6, 6.07) is 6.51. The third kappa shape index (κ3) is 6.56. The fourth-order valence-corrected chi connectivity index (χ4v) is 2.71. The molecule has 0 aromatic heterocycles. The Morgan fingerprint density at radius 1 is 1.30 bits per heavy atom. The van der Waals surface area contributed by atoms with Gasteiger partial charge < -0.3 is 10.6 Å². The van der Waals surface area contributed by atoms with Gasteiger partial charge in [-0.3, -0.25) is 4.99 Å². The maximum atomic E-state index is 13.4. The van der Waals surface area contributed by atoms with Crippen molar-refractivity contribution in [1.82, 2.24) is 10.6 Å². The smallest absolute Gasteiger partial charge is 0.191 e. The first-order valence-electron chi connectivity index (χ1n) is 7.61. The van der Waals surface area contributed by atoms with Gasteiger partial charge in [-0.05, 0) is 17.7 Å². The van der Waals surface area contributed by atoms with Gasteiger partial charge in [0, 0.05) is 31.3 Å². The average Bonchev–Trinajstić information content (AvgIpc) is 2.50. The van der Waals surface area contributed by atoms with Crippen LogP contribution >= 0.6 is 0 Å². The summed E-state index contributed by atoms with van der Waals surface area (Å²) in [4.78, 5) is 4.07. The van der Waals surface area contributed by atoms with Gasteiger partial charge in [0.2, 0.25) is 0 Å². The summed E-state index contributed by atoms with van der Waals surface area (Å²) in [7, 11) is -1.38. The van der Waals surface area contributed by atoms with Crippen LogP contribution in [-0.2, 0) is 15.3 Å². The van der Waals surface area contributed by atoms with E-state index < -0.39 is 9.84 Å². The van der Waals surface area contributed by atoms with E-state index >= 15 is 0 Å². The molecule has 0 unspecified atom stereocenters. The molecule has 0 atom stereocenters. The lowest BCUT2D eigenvalue weighted by atomic mass is 9.84. The second kappa shape index (κ2) is 8.29. The third-order valence-corrected chi connectivity index (χ3v) is 5.38. The molecular weight excluding hydrogens is 317 g/mol. The van der Waals surface area contributed by atoms with Crippen molar-refractivity contribution in [2.45, 2.75) is 26.2 Å².